The maximum absolute atomic E-state index is 5.95. The number of halogens is 1. The minimum absolute atomic E-state index is 0.629. The Morgan fingerprint density at radius 2 is 1.62 bits per heavy atom. The topological polar surface area (TPSA) is 54.5 Å². The van der Waals surface area contributed by atoms with Crippen molar-refractivity contribution < 1.29 is 0 Å². The first-order valence-electron chi connectivity index (χ1n) is 8.22. The van der Waals surface area contributed by atoms with Crippen LogP contribution in [0.15, 0.2) is 73.2 Å². The predicted octanol–water partition coefficient (Wildman–Crippen LogP) is 5.49. The average Bonchev–Trinajstić information content (AvgIpc) is 3.15. The van der Waals surface area contributed by atoms with Crippen molar-refractivity contribution in [3.8, 4) is 22.4 Å². The lowest BCUT2D eigenvalue weighted by molar-refractivity contribution is 1.23. The Kier molecular flexibility index (Phi) is 3.43. The molecule has 1 N–H and O–H groups in total. The van der Waals surface area contributed by atoms with Crippen molar-refractivity contribution in [1.82, 2.24) is 19.9 Å². The van der Waals surface area contributed by atoms with Crippen molar-refractivity contribution in [2.75, 3.05) is 0 Å². The molecule has 0 aliphatic heterocycles. The normalized spacial score (nSPS) is 11.3. The fraction of sp³-hybridized carbons (Fsp3) is 0. The first-order valence-corrected chi connectivity index (χ1v) is 8.60. The van der Waals surface area contributed by atoms with Gasteiger partial charge >= 0.3 is 0 Å². The monoisotopic (exact) mass is 356 g/mol. The van der Waals surface area contributed by atoms with Crippen LogP contribution in [-0.4, -0.2) is 19.9 Å². The summed E-state index contributed by atoms with van der Waals surface area (Å²) in [5.41, 5.74) is 6.40. The van der Waals surface area contributed by atoms with Crippen LogP contribution >= 0.6 is 11.6 Å². The molecule has 0 unspecified atom stereocenters. The highest BCUT2D eigenvalue weighted by molar-refractivity contribution is 6.30. The second-order valence-electron chi connectivity index (χ2n) is 6.11. The molecule has 0 bridgehead atoms. The highest BCUT2D eigenvalue weighted by Crippen LogP contribution is 2.26. The van der Waals surface area contributed by atoms with Gasteiger partial charge in [0.05, 0.1) is 11.9 Å². The number of pyridine rings is 1. The SMILES string of the molecule is Clc1ccc(-c2cnc3cc(-c4ccc5[nH]ccc5c4)cnc3n2)cc1. The van der Waals surface area contributed by atoms with Crippen molar-refractivity contribution in [3.05, 3.63) is 78.2 Å². The summed E-state index contributed by atoms with van der Waals surface area (Å²) < 4.78 is 0. The molecule has 0 atom stereocenters. The molecule has 0 radical (unpaired) electrons. The molecule has 0 amide bonds. The van der Waals surface area contributed by atoms with Crippen molar-refractivity contribution in [1.29, 1.82) is 0 Å². The highest BCUT2D eigenvalue weighted by atomic mass is 35.5. The maximum Gasteiger partial charge on any atom is 0.178 e. The van der Waals surface area contributed by atoms with E-state index in [4.69, 9.17) is 11.6 Å². The molecule has 0 saturated carbocycles. The third kappa shape index (κ3) is 2.61. The van der Waals surface area contributed by atoms with Gasteiger partial charge in [-0.3, -0.25) is 4.98 Å². The van der Waals surface area contributed by atoms with Crippen LogP contribution < -0.4 is 0 Å². The zero-order chi connectivity index (χ0) is 17.5. The van der Waals surface area contributed by atoms with Gasteiger partial charge in [-0.1, -0.05) is 29.8 Å². The summed E-state index contributed by atoms with van der Waals surface area (Å²) in [4.78, 5) is 16.9. The third-order valence-electron chi connectivity index (χ3n) is 4.43. The summed E-state index contributed by atoms with van der Waals surface area (Å²) in [6.07, 6.45) is 5.56. The van der Waals surface area contributed by atoms with Crippen molar-refractivity contribution in [2.24, 2.45) is 0 Å². The van der Waals surface area contributed by atoms with E-state index in [1.807, 2.05) is 42.7 Å². The molecule has 2 aromatic carbocycles. The molecule has 3 aromatic heterocycles. The quantitative estimate of drug-likeness (QED) is 0.454. The van der Waals surface area contributed by atoms with E-state index < -0.39 is 0 Å². The summed E-state index contributed by atoms with van der Waals surface area (Å²) in [5.74, 6) is 0. The Labute approximate surface area is 154 Å². The summed E-state index contributed by atoms with van der Waals surface area (Å²) in [6.45, 7) is 0. The molecule has 5 aromatic rings. The fourth-order valence-electron chi connectivity index (χ4n) is 3.05. The first-order chi connectivity index (χ1) is 12.8. The number of hydrogen-bond acceptors (Lipinski definition) is 3. The number of aromatic amines is 1. The minimum Gasteiger partial charge on any atom is -0.361 e. The summed E-state index contributed by atoms with van der Waals surface area (Å²) in [5, 5.41) is 1.87. The summed E-state index contributed by atoms with van der Waals surface area (Å²) in [6, 6.07) is 17.9. The second kappa shape index (κ2) is 5.93. The molecule has 0 saturated heterocycles. The molecule has 0 aliphatic carbocycles. The Morgan fingerprint density at radius 3 is 2.50 bits per heavy atom. The molecule has 5 rings (SSSR count). The van der Waals surface area contributed by atoms with Gasteiger partial charge in [-0.05, 0) is 47.3 Å². The number of nitrogens with zero attached hydrogens (tertiary/aromatic N) is 3. The van der Waals surface area contributed by atoms with Gasteiger partial charge in [0.25, 0.3) is 0 Å². The molecule has 26 heavy (non-hydrogen) atoms. The standard InChI is InChI=1S/C21H13ClN4/c22-17-4-1-13(2-5-17)20-12-24-19-10-16(11-25-21(19)26-20)14-3-6-18-15(9-14)7-8-23-18/h1-12,23H. The van der Waals surface area contributed by atoms with Gasteiger partial charge in [0.15, 0.2) is 5.65 Å². The predicted molar refractivity (Wildman–Crippen MR) is 105 cm³/mol. The van der Waals surface area contributed by atoms with Gasteiger partial charge in [-0.25, -0.2) is 9.97 Å². The van der Waals surface area contributed by atoms with Crippen LogP contribution in [0.3, 0.4) is 0 Å². The summed E-state index contributed by atoms with van der Waals surface area (Å²) >= 11 is 5.95. The number of benzene rings is 2. The Hall–Kier alpha value is -3.24. The number of fused-ring (bicyclic) bond motifs is 2. The maximum atomic E-state index is 5.95. The van der Waals surface area contributed by atoms with Crippen LogP contribution in [0, 0.1) is 0 Å². The van der Waals surface area contributed by atoms with E-state index >= 15 is 0 Å². The van der Waals surface area contributed by atoms with E-state index in [-0.39, 0.29) is 0 Å². The number of aromatic nitrogens is 4. The van der Waals surface area contributed by atoms with Crippen LogP contribution in [0.4, 0.5) is 0 Å². The molecule has 0 aliphatic rings. The number of nitrogens with one attached hydrogen (secondary N) is 1. The van der Waals surface area contributed by atoms with E-state index in [1.54, 1.807) is 6.20 Å². The fourth-order valence-corrected chi connectivity index (χ4v) is 3.18. The zero-order valence-corrected chi connectivity index (χ0v) is 14.4. The van der Waals surface area contributed by atoms with Crippen molar-refractivity contribution in [2.45, 2.75) is 0 Å². The summed E-state index contributed by atoms with van der Waals surface area (Å²) in [7, 11) is 0. The van der Waals surface area contributed by atoms with Crippen LogP contribution in [-0.2, 0) is 0 Å². The molecule has 5 heteroatoms. The Balaban J connectivity index is 1.57. The van der Waals surface area contributed by atoms with Crippen LogP contribution in [0.1, 0.15) is 0 Å². The number of hydrogen-bond donors (Lipinski definition) is 1. The van der Waals surface area contributed by atoms with E-state index in [0.717, 1.165) is 33.4 Å². The van der Waals surface area contributed by atoms with Gasteiger partial charge < -0.3 is 4.98 Å². The smallest absolute Gasteiger partial charge is 0.178 e. The lowest BCUT2D eigenvalue weighted by Crippen LogP contribution is -1.92. The van der Waals surface area contributed by atoms with E-state index in [9.17, 15) is 0 Å². The lowest BCUT2D eigenvalue weighted by atomic mass is 10.1. The third-order valence-corrected chi connectivity index (χ3v) is 4.68. The van der Waals surface area contributed by atoms with E-state index in [1.165, 1.54) is 5.39 Å². The second-order valence-corrected chi connectivity index (χ2v) is 6.54. The molecular formula is C21H13ClN4. The highest BCUT2D eigenvalue weighted by Gasteiger charge is 2.07. The zero-order valence-electron chi connectivity index (χ0n) is 13.6. The molecule has 4 nitrogen and oxygen atoms in total. The average molecular weight is 357 g/mol. The molecule has 0 spiro atoms. The van der Waals surface area contributed by atoms with E-state index in [2.05, 4.69) is 44.2 Å². The molecule has 0 fully saturated rings. The van der Waals surface area contributed by atoms with Crippen LogP contribution in [0.2, 0.25) is 5.02 Å². The van der Waals surface area contributed by atoms with Gasteiger partial charge in [0.2, 0.25) is 0 Å². The van der Waals surface area contributed by atoms with Gasteiger partial charge in [-0.2, -0.15) is 0 Å². The first kappa shape index (κ1) is 15.0. The molecule has 3 heterocycles. The minimum atomic E-state index is 0.629. The lowest BCUT2D eigenvalue weighted by Gasteiger charge is -2.05. The number of H-pyrrole nitrogens is 1. The molecular weight excluding hydrogens is 344 g/mol. The van der Waals surface area contributed by atoms with Gasteiger partial charge in [0.1, 0.15) is 5.52 Å². The van der Waals surface area contributed by atoms with Crippen molar-refractivity contribution in [3.63, 3.8) is 0 Å². The molecule has 124 valence electrons. The van der Waals surface area contributed by atoms with E-state index in [0.29, 0.717) is 10.7 Å². The Morgan fingerprint density at radius 1 is 0.769 bits per heavy atom. The van der Waals surface area contributed by atoms with Gasteiger partial charge in [0, 0.05) is 34.1 Å². The van der Waals surface area contributed by atoms with Crippen LogP contribution in [0.25, 0.3) is 44.5 Å². The number of rotatable bonds is 2. The van der Waals surface area contributed by atoms with Crippen LogP contribution in [0.5, 0.6) is 0 Å². The largest absolute Gasteiger partial charge is 0.361 e. The van der Waals surface area contributed by atoms with Gasteiger partial charge in [-0.15, -0.1) is 0 Å². The van der Waals surface area contributed by atoms with Crippen molar-refractivity contribution >= 4 is 33.7 Å². The Bertz CT molecular complexity index is 1240.